The third kappa shape index (κ3) is 4.89. The highest BCUT2D eigenvalue weighted by atomic mass is 79.9. The molecule has 4 atom stereocenters. The van der Waals surface area contributed by atoms with Gasteiger partial charge in [-0.05, 0) is 39.4 Å². The van der Waals surface area contributed by atoms with Gasteiger partial charge in [-0.25, -0.2) is 0 Å². The Bertz CT molecular complexity index is 465. The van der Waals surface area contributed by atoms with Crippen molar-refractivity contribution in [1.29, 1.82) is 0 Å². The first-order valence-electron chi connectivity index (χ1n) is 8.14. The van der Waals surface area contributed by atoms with Crippen molar-refractivity contribution >= 4 is 30.2 Å². The Labute approximate surface area is 147 Å². The first-order valence-corrected chi connectivity index (χ1v) is 12.4. The highest BCUT2D eigenvalue weighted by molar-refractivity contribution is 9.09. The average molecular weight is 407 g/mol. The third-order valence-corrected chi connectivity index (χ3v) is 9.41. The third-order valence-electron chi connectivity index (χ3n) is 3.80. The molecule has 0 amide bonds. The van der Waals surface area contributed by atoms with E-state index in [2.05, 4.69) is 29.0 Å². The Balaban J connectivity index is 2.15. The molecule has 23 heavy (non-hydrogen) atoms. The second kappa shape index (κ2) is 7.35. The summed E-state index contributed by atoms with van der Waals surface area (Å²) in [7, 11) is -1.82. The number of alkyl halides is 1. The summed E-state index contributed by atoms with van der Waals surface area (Å²) >= 11 is 3.53. The Morgan fingerprint density at radius 1 is 1.22 bits per heavy atom. The van der Waals surface area contributed by atoms with Crippen molar-refractivity contribution in [2.24, 2.45) is 0 Å². The van der Waals surface area contributed by atoms with Crippen molar-refractivity contribution < 1.29 is 23.4 Å². The molecular weight excluding hydrogens is 380 g/mol. The molecule has 0 aromatic heterocycles. The Kier molecular flexibility index (Phi) is 6.11. The molecule has 0 spiro atoms. The molecule has 5 nitrogen and oxygen atoms in total. The summed E-state index contributed by atoms with van der Waals surface area (Å²) in [4.78, 5) is 12.7. The SMILES string of the molecule is CCCC(=O)O[C@H]1C=C[C@@H](O[Si](C)(C)CBr)[C@@H]2OC(C)(C)O[C@@H]21. The summed E-state index contributed by atoms with van der Waals surface area (Å²) in [5.74, 6) is -0.915. The molecule has 1 aliphatic carbocycles. The van der Waals surface area contributed by atoms with Gasteiger partial charge < -0.3 is 18.6 Å². The number of carbonyl (C=O) groups excluding carboxylic acids is 1. The topological polar surface area (TPSA) is 54.0 Å². The van der Waals surface area contributed by atoms with Gasteiger partial charge in [0.25, 0.3) is 0 Å². The molecule has 1 aliphatic heterocycles. The lowest BCUT2D eigenvalue weighted by molar-refractivity contribution is -0.166. The van der Waals surface area contributed by atoms with E-state index in [9.17, 15) is 4.79 Å². The minimum absolute atomic E-state index is 0.179. The van der Waals surface area contributed by atoms with Gasteiger partial charge in [-0.3, -0.25) is 4.79 Å². The number of hydrogen-bond acceptors (Lipinski definition) is 5. The van der Waals surface area contributed by atoms with Crippen molar-refractivity contribution in [3.8, 4) is 0 Å². The van der Waals surface area contributed by atoms with Crippen LogP contribution >= 0.6 is 15.9 Å². The minimum atomic E-state index is -1.82. The predicted molar refractivity (Wildman–Crippen MR) is 93.9 cm³/mol. The number of halogens is 1. The first kappa shape index (κ1) is 19.1. The summed E-state index contributed by atoms with van der Waals surface area (Å²) in [6.45, 7) is 10.0. The second-order valence-corrected chi connectivity index (χ2v) is 12.8. The van der Waals surface area contributed by atoms with Crippen molar-refractivity contribution in [3.05, 3.63) is 12.2 Å². The zero-order chi connectivity index (χ0) is 17.3. The number of fused-ring (bicyclic) bond motifs is 1. The summed E-state index contributed by atoms with van der Waals surface area (Å²) in [6.07, 6.45) is 3.81. The molecule has 2 aliphatic rings. The second-order valence-electron chi connectivity index (χ2n) is 7.13. The normalized spacial score (nSPS) is 32.6. The Morgan fingerprint density at radius 2 is 1.78 bits per heavy atom. The number of ether oxygens (including phenoxy) is 3. The van der Waals surface area contributed by atoms with E-state index >= 15 is 0 Å². The number of hydrogen-bond donors (Lipinski definition) is 0. The quantitative estimate of drug-likeness (QED) is 0.293. The number of carbonyl (C=O) groups is 1. The van der Waals surface area contributed by atoms with Crippen LogP contribution in [0, 0.1) is 0 Å². The molecule has 2 rings (SSSR count). The molecule has 0 N–H and O–H groups in total. The fourth-order valence-electron chi connectivity index (χ4n) is 2.79. The van der Waals surface area contributed by atoms with Crippen molar-refractivity contribution in [3.63, 3.8) is 0 Å². The van der Waals surface area contributed by atoms with Gasteiger partial charge in [0.2, 0.25) is 0 Å². The van der Waals surface area contributed by atoms with E-state index in [-0.39, 0.29) is 24.3 Å². The van der Waals surface area contributed by atoms with Crippen LogP contribution < -0.4 is 0 Å². The summed E-state index contributed by atoms with van der Waals surface area (Å²) in [5, 5.41) is 0. The monoisotopic (exact) mass is 406 g/mol. The maximum atomic E-state index is 11.8. The van der Waals surface area contributed by atoms with Crippen LogP contribution in [0.5, 0.6) is 0 Å². The first-order chi connectivity index (χ1) is 10.7. The van der Waals surface area contributed by atoms with E-state index < -0.39 is 20.2 Å². The average Bonchev–Trinajstić information content (AvgIpc) is 2.78. The summed E-state index contributed by atoms with van der Waals surface area (Å²) < 4.78 is 23.9. The van der Waals surface area contributed by atoms with Crippen LogP contribution in [0.15, 0.2) is 12.2 Å². The maximum absolute atomic E-state index is 11.8. The van der Waals surface area contributed by atoms with Crippen LogP contribution in [0.2, 0.25) is 13.1 Å². The fourth-order valence-corrected chi connectivity index (χ4v) is 4.20. The molecule has 1 saturated heterocycles. The van der Waals surface area contributed by atoms with Crippen LogP contribution in [0.25, 0.3) is 0 Å². The maximum Gasteiger partial charge on any atom is 0.306 e. The van der Waals surface area contributed by atoms with Crippen molar-refractivity contribution in [2.45, 2.75) is 76.9 Å². The van der Waals surface area contributed by atoms with Gasteiger partial charge in [-0.2, -0.15) is 0 Å². The lowest BCUT2D eigenvalue weighted by Gasteiger charge is -2.36. The molecule has 0 unspecified atom stereocenters. The Morgan fingerprint density at radius 3 is 2.35 bits per heavy atom. The van der Waals surface area contributed by atoms with Gasteiger partial charge in [0, 0.05) is 11.4 Å². The van der Waals surface area contributed by atoms with Crippen LogP contribution in [0.3, 0.4) is 0 Å². The van der Waals surface area contributed by atoms with Crippen LogP contribution in [-0.2, 0) is 23.4 Å². The minimum Gasteiger partial charge on any atom is -0.455 e. The van der Waals surface area contributed by atoms with Gasteiger partial charge in [0.15, 0.2) is 14.1 Å². The molecule has 0 aromatic rings. The van der Waals surface area contributed by atoms with E-state index in [0.29, 0.717) is 6.42 Å². The van der Waals surface area contributed by atoms with Gasteiger partial charge in [0.1, 0.15) is 18.3 Å². The predicted octanol–water partition coefficient (Wildman–Crippen LogP) is 3.31. The van der Waals surface area contributed by atoms with E-state index in [1.165, 1.54) is 0 Å². The standard InChI is InChI=1S/C16H27BrO5Si/c1-6-7-13(18)19-11-8-9-12(22-23(4,5)10-17)15-14(11)20-16(2,3)21-15/h8-9,11-12,14-15H,6-7,10H2,1-5H3/t11-,12+,14+,15-/m0/s1. The molecule has 0 aromatic carbocycles. The number of esters is 1. The molecule has 0 bridgehead atoms. The van der Waals surface area contributed by atoms with Crippen molar-refractivity contribution in [1.82, 2.24) is 0 Å². The van der Waals surface area contributed by atoms with E-state index in [1.54, 1.807) is 0 Å². The van der Waals surface area contributed by atoms with E-state index in [4.69, 9.17) is 18.6 Å². The summed E-state index contributed by atoms with van der Waals surface area (Å²) in [5.41, 5.74) is 0. The highest BCUT2D eigenvalue weighted by Gasteiger charge is 2.51. The van der Waals surface area contributed by atoms with E-state index in [1.807, 2.05) is 32.9 Å². The molecule has 1 fully saturated rings. The highest BCUT2D eigenvalue weighted by Crippen LogP contribution is 2.37. The zero-order valence-electron chi connectivity index (χ0n) is 14.5. The lowest BCUT2D eigenvalue weighted by Crippen LogP contribution is -2.51. The smallest absolute Gasteiger partial charge is 0.306 e. The zero-order valence-corrected chi connectivity index (χ0v) is 17.1. The van der Waals surface area contributed by atoms with Gasteiger partial charge >= 0.3 is 5.97 Å². The fraction of sp³-hybridized carbons (Fsp3) is 0.812. The molecule has 132 valence electrons. The molecule has 0 saturated carbocycles. The largest absolute Gasteiger partial charge is 0.455 e. The van der Waals surface area contributed by atoms with E-state index in [0.717, 1.165) is 11.4 Å². The van der Waals surface area contributed by atoms with Crippen molar-refractivity contribution in [2.75, 3.05) is 4.95 Å². The van der Waals surface area contributed by atoms with Crippen LogP contribution in [-0.4, -0.2) is 49.4 Å². The Hall–Kier alpha value is -0.213. The van der Waals surface area contributed by atoms with Gasteiger partial charge in [-0.15, -0.1) is 0 Å². The van der Waals surface area contributed by atoms with Gasteiger partial charge in [0.05, 0.1) is 6.10 Å². The molecule has 1 heterocycles. The molecule has 0 radical (unpaired) electrons. The molecule has 7 heteroatoms. The lowest BCUT2D eigenvalue weighted by atomic mass is 9.96. The van der Waals surface area contributed by atoms with Crippen LogP contribution in [0.4, 0.5) is 0 Å². The van der Waals surface area contributed by atoms with Gasteiger partial charge in [-0.1, -0.05) is 28.9 Å². The van der Waals surface area contributed by atoms with Crippen LogP contribution in [0.1, 0.15) is 33.6 Å². The summed E-state index contributed by atoms with van der Waals surface area (Å²) in [6, 6.07) is 0. The number of rotatable bonds is 6. The molecular formula is C16H27BrO5Si.